The van der Waals surface area contributed by atoms with Crippen LogP contribution < -0.4 is 5.32 Å². The zero-order valence-corrected chi connectivity index (χ0v) is 20.4. The number of thiophene rings is 1. The highest BCUT2D eigenvalue weighted by molar-refractivity contribution is 7.99. The number of carbonyl (C=O) groups is 1. The van der Waals surface area contributed by atoms with Crippen molar-refractivity contribution >= 4 is 40.6 Å². The van der Waals surface area contributed by atoms with E-state index in [2.05, 4.69) is 59.0 Å². The van der Waals surface area contributed by atoms with Gasteiger partial charge in [-0.15, -0.1) is 21.5 Å². The summed E-state index contributed by atoms with van der Waals surface area (Å²) in [6.07, 6.45) is 0. The summed E-state index contributed by atoms with van der Waals surface area (Å²) in [6.45, 7) is 4.68. The van der Waals surface area contributed by atoms with Crippen molar-refractivity contribution in [2.75, 3.05) is 5.75 Å². The van der Waals surface area contributed by atoms with E-state index in [0.717, 1.165) is 17.0 Å². The molecule has 0 unspecified atom stereocenters. The third-order valence-corrected chi connectivity index (χ3v) is 7.31. The van der Waals surface area contributed by atoms with Crippen LogP contribution in [0.4, 0.5) is 0 Å². The maximum atomic E-state index is 12.3. The van der Waals surface area contributed by atoms with Gasteiger partial charge in [0.25, 0.3) is 0 Å². The largest absolute Gasteiger partial charge is 0.351 e. The van der Waals surface area contributed by atoms with E-state index in [9.17, 15) is 4.79 Å². The predicted molar refractivity (Wildman–Crippen MR) is 133 cm³/mol. The van der Waals surface area contributed by atoms with E-state index in [1.165, 1.54) is 33.3 Å². The molecular formula is C24H23ClN4OS2. The molecule has 0 atom stereocenters. The molecule has 4 aromatic rings. The van der Waals surface area contributed by atoms with Gasteiger partial charge in [-0.2, -0.15) is 0 Å². The molecule has 4 rings (SSSR count). The van der Waals surface area contributed by atoms with Gasteiger partial charge in [0, 0.05) is 40.0 Å². The fourth-order valence-corrected chi connectivity index (χ4v) is 5.09. The molecule has 0 radical (unpaired) electrons. The summed E-state index contributed by atoms with van der Waals surface area (Å²) in [5.74, 6) is 1.02. The van der Waals surface area contributed by atoms with Crippen LogP contribution in [0.2, 0.25) is 5.02 Å². The number of aromatic nitrogens is 3. The van der Waals surface area contributed by atoms with Crippen LogP contribution in [0.5, 0.6) is 0 Å². The summed E-state index contributed by atoms with van der Waals surface area (Å²) in [5, 5.41) is 15.2. The summed E-state index contributed by atoms with van der Waals surface area (Å²) >= 11 is 8.98. The second kappa shape index (κ2) is 9.90. The van der Waals surface area contributed by atoms with Crippen LogP contribution in [0, 0.1) is 13.8 Å². The molecule has 8 heteroatoms. The SMILES string of the molecule is Cc1ccc(-c2c(-c3nnc(SCC(=O)NCc4ccc(Cl)cc4)n3C)csc2C)cc1. The van der Waals surface area contributed by atoms with Crippen molar-refractivity contribution in [1.82, 2.24) is 20.1 Å². The molecule has 0 aliphatic rings. The van der Waals surface area contributed by atoms with Crippen LogP contribution in [0.15, 0.2) is 59.1 Å². The maximum Gasteiger partial charge on any atom is 0.230 e. The Morgan fingerprint density at radius 1 is 1.09 bits per heavy atom. The third-order valence-electron chi connectivity index (χ3n) is 5.13. The molecule has 1 amide bonds. The van der Waals surface area contributed by atoms with E-state index in [-0.39, 0.29) is 11.7 Å². The van der Waals surface area contributed by atoms with Gasteiger partial charge in [-0.1, -0.05) is 65.3 Å². The molecule has 0 spiro atoms. The van der Waals surface area contributed by atoms with E-state index in [4.69, 9.17) is 11.6 Å². The van der Waals surface area contributed by atoms with Crippen molar-refractivity contribution in [1.29, 1.82) is 0 Å². The highest BCUT2D eigenvalue weighted by Gasteiger charge is 2.19. The molecule has 0 bridgehead atoms. The highest BCUT2D eigenvalue weighted by Crippen LogP contribution is 2.38. The molecule has 0 aliphatic heterocycles. The molecule has 0 saturated carbocycles. The molecule has 1 N–H and O–H groups in total. The molecule has 32 heavy (non-hydrogen) atoms. The van der Waals surface area contributed by atoms with E-state index < -0.39 is 0 Å². The predicted octanol–water partition coefficient (Wildman–Crippen LogP) is 5.89. The molecule has 0 saturated heterocycles. The van der Waals surface area contributed by atoms with Gasteiger partial charge in [0.15, 0.2) is 11.0 Å². The Morgan fingerprint density at radius 2 is 1.81 bits per heavy atom. The van der Waals surface area contributed by atoms with Gasteiger partial charge in [-0.25, -0.2) is 0 Å². The summed E-state index contributed by atoms with van der Waals surface area (Å²) in [5.41, 5.74) is 5.65. The fourth-order valence-electron chi connectivity index (χ4n) is 3.36. The van der Waals surface area contributed by atoms with Crippen molar-refractivity contribution in [3.8, 4) is 22.5 Å². The van der Waals surface area contributed by atoms with Gasteiger partial charge in [0.1, 0.15) is 0 Å². The van der Waals surface area contributed by atoms with Gasteiger partial charge >= 0.3 is 0 Å². The number of nitrogens with one attached hydrogen (secondary N) is 1. The summed E-state index contributed by atoms with van der Waals surface area (Å²) in [6, 6.07) is 16.0. The molecule has 5 nitrogen and oxygen atoms in total. The Kier molecular flexibility index (Phi) is 6.98. The topological polar surface area (TPSA) is 59.8 Å². The average molecular weight is 483 g/mol. The highest BCUT2D eigenvalue weighted by atomic mass is 35.5. The van der Waals surface area contributed by atoms with Gasteiger partial charge in [-0.3, -0.25) is 4.79 Å². The Labute approximate surface area is 200 Å². The van der Waals surface area contributed by atoms with E-state index in [0.29, 0.717) is 16.7 Å². The first-order valence-corrected chi connectivity index (χ1v) is 12.4. The van der Waals surface area contributed by atoms with Crippen molar-refractivity contribution in [3.63, 3.8) is 0 Å². The van der Waals surface area contributed by atoms with E-state index in [1.807, 2.05) is 35.9 Å². The van der Waals surface area contributed by atoms with Crippen LogP contribution >= 0.6 is 34.7 Å². The van der Waals surface area contributed by atoms with Crippen molar-refractivity contribution in [3.05, 3.63) is 74.9 Å². The monoisotopic (exact) mass is 482 g/mol. The van der Waals surface area contributed by atoms with Gasteiger partial charge in [0.05, 0.1) is 5.75 Å². The molecule has 0 aliphatic carbocycles. The zero-order valence-electron chi connectivity index (χ0n) is 18.1. The Bertz CT molecular complexity index is 1230. The van der Waals surface area contributed by atoms with Crippen LogP contribution in [-0.4, -0.2) is 26.4 Å². The lowest BCUT2D eigenvalue weighted by atomic mass is 10.0. The normalized spacial score (nSPS) is 11.0. The molecule has 2 aromatic carbocycles. The maximum absolute atomic E-state index is 12.3. The Morgan fingerprint density at radius 3 is 2.53 bits per heavy atom. The van der Waals surface area contributed by atoms with Crippen LogP contribution in [0.25, 0.3) is 22.5 Å². The molecular weight excluding hydrogens is 460 g/mol. The minimum absolute atomic E-state index is 0.0544. The van der Waals surface area contributed by atoms with E-state index in [1.54, 1.807) is 11.3 Å². The zero-order chi connectivity index (χ0) is 22.7. The molecule has 164 valence electrons. The standard InChI is InChI=1S/C24H23ClN4OS2/c1-15-4-8-18(9-5-15)22-16(2)31-13-20(22)23-27-28-24(29(23)3)32-14-21(30)26-12-17-6-10-19(25)11-7-17/h4-11,13H,12,14H2,1-3H3,(H,26,30). The van der Waals surface area contributed by atoms with Crippen molar-refractivity contribution in [2.45, 2.75) is 25.5 Å². The van der Waals surface area contributed by atoms with Gasteiger partial charge in [0.2, 0.25) is 5.91 Å². The number of nitrogens with zero attached hydrogens (tertiary/aromatic N) is 3. The van der Waals surface area contributed by atoms with Gasteiger partial charge < -0.3 is 9.88 Å². The third kappa shape index (κ3) is 5.06. The molecule has 2 heterocycles. The van der Waals surface area contributed by atoms with Crippen LogP contribution in [0.3, 0.4) is 0 Å². The molecule has 0 fully saturated rings. The van der Waals surface area contributed by atoms with Crippen molar-refractivity contribution in [2.24, 2.45) is 7.05 Å². The van der Waals surface area contributed by atoms with Crippen LogP contribution in [0.1, 0.15) is 16.0 Å². The number of benzene rings is 2. The number of aryl methyl sites for hydroxylation is 2. The minimum Gasteiger partial charge on any atom is -0.351 e. The number of carbonyl (C=O) groups excluding carboxylic acids is 1. The van der Waals surface area contributed by atoms with Gasteiger partial charge in [-0.05, 0) is 37.1 Å². The summed E-state index contributed by atoms with van der Waals surface area (Å²) < 4.78 is 1.95. The number of thioether (sulfide) groups is 1. The first kappa shape index (κ1) is 22.6. The molecule has 2 aromatic heterocycles. The summed E-state index contributed by atoms with van der Waals surface area (Å²) in [7, 11) is 1.94. The fraction of sp³-hybridized carbons (Fsp3) is 0.208. The van der Waals surface area contributed by atoms with E-state index >= 15 is 0 Å². The summed E-state index contributed by atoms with van der Waals surface area (Å²) in [4.78, 5) is 13.5. The minimum atomic E-state index is -0.0544. The number of rotatable bonds is 7. The lowest BCUT2D eigenvalue weighted by Gasteiger charge is -2.08. The Balaban J connectivity index is 1.44. The number of amides is 1. The lowest BCUT2D eigenvalue weighted by molar-refractivity contribution is -0.118. The first-order chi connectivity index (χ1) is 15.4. The Hall–Kier alpha value is -2.61. The van der Waals surface area contributed by atoms with Crippen LogP contribution in [-0.2, 0) is 18.4 Å². The quantitative estimate of drug-likeness (QED) is 0.334. The smallest absolute Gasteiger partial charge is 0.230 e. The second-order valence-electron chi connectivity index (χ2n) is 7.50. The number of hydrogen-bond donors (Lipinski definition) is 1. The number of halogens is 1. The second-order valence-corrected chi connectivity index (χ2v) is 9.97. The average Bonchev–Trinajstić information content (AvgIpc) is 3.34. The van der Waals surface area contributed by atoms with Crippen molar-refractivity contribution < 1.29 is 4.79 Å². The number of hydrogen-bond acceptors (Lipinski definition) is 5. The first-order valence-electron chi connectivity index (χ1n) is 10.1. The lowest BCUT2D eigenvalue weighted by Crippen LogP contribution is -2.24.